The standard InChI is InChI=1S/C17H18BrClFN/c1-3-21-17(14-5-4-6-15(18)11(14)2)9-12-7-8-13(19)10-16(12)20/h4-8,10,17,21H,3,9H2,1-2H3. The lowest BCUT2D eigenvalue weighted by Crippen LogP contribution is -2.24. The maximum absolute atomic E-state index is 14.0. The predicted molar refractivity (Wildman–Crippen MR) is 90.4 cm³/mol. The van der Waals surface area contributed by atoms with E-state index in [-0.39, 0.29) is 11.9 Å². The molecule has 0 aliphatic carbocycles. The van der Waals surface area contributed by atoms with Gasteiger partial charge < -0.3 is 5.32 Å². The fraction of sp³-hybridized carbons (Fsp3) is 0.294. The Morgan fingerprint density at radius 3 is 2.71 bits per heavy atom. The maximum atomic E-state index is 14.0. The Balaban J connectivity index is 2.33. The summed E-state index contributed by atoms with van der Waals surface area (Å²) in [4.78, 5) is 0. The van der Waals surface area contributed by atoms with Gasteiger partial charge in [0.2, 0.25) is 0 Å². The van der Waals surface area contributed by atoms with E-state index in [1.165, 1.54) is 17.2 Å². The molecule has 4 heteroatoms. The van der Waals surface area contributed by atoms with Crippen molar-refractivity contribution in [3.05, 3.63) is 68.4 Å². The van der Waals surface area contributed by atoms with Crippen LogP contribution in [-0.2, 0) is 6.42 Å². The van der Waals surface area contributed by atoms with Crippen LogP contribution in [-0.4, -0.2) is 6.54 Å². The van der Waals surface area contributed by atoms with Crippen molar-refractivity contribution in [3.8, 4) is 0 Å². The van der Waals surface area contributed by atoms with E-state index < -0.39 is 0 Å². The molecule has 0 spiro atoms. The average Bonchev–Trinajstić information content (AvgIpc) is 2.44. The molecular formula is C17H18BrClFN. The quantitative estimate of drug-likeness (QED) is 0.738. The number of nitrogens with one attached hydrogen (secondary N) is 1. The normalized spacial score (nSPS) is 12.4. The minimum absolute atomic E-state index is 0.0724. The van der Waals surface area contributed by atoms with Crippen molar-refractivity contribution in [2.75, 3.05) is 6.54 Å². The van der Waals surface area contributed by atoms with E-state index in [0.29, 0.717) is 17.0 Å². The molecule has 0 saturated carbocycles. The topological polar surface area (TPSA) is 12.0 Å². The molecule has 112 valence electrons. The molecule has 0 aromatic heterocycles. The highest BCUT2D eigenvalue weighted by Crippen LogP contribution is 2.28. The number of halogens is 3. The second-order valence-corrected chi connectivity index (χ2v) is 6.29. The van der Waals surface area contributed by atoms with Crippen LogP contribution in [0.2, 0.25) is 5.02 Å². The molecular weight excluding hydrogens is 353 g/mol. The zero-order valence-corrected chi connectivity index (χ0v) is 14.4. The van der Waals surface area contributed by atoms with E-state index >= 15 is 0 Å². The molecule has 1 atom stereocenters. The summed E-state index contributed by atoms with van der Waals surface area (Å²) in [5.74, 6) is -0.252. The highest BCUT2D eigenvalue weighted by Gasteiger charge is 2.16. The molecule has 0 amide bonds. The molecule has 0 bridgehead atoms. The van der Waals surface area contributed by atoms with Crippen LogP contribution >= 0.6 is 27.5 Å². The molecule has 1 nitrogen and oxygen atoms in total. The molecule has 0 fully saturated rings. The van der Waals surface area contributed by atoms with Gasteiger partial charge in [-0.2, -0.15) is 0 Å². The van der Waals surface area contributed by atoms with Gasteiger partial charge in [0.1, 0.15) is 5.82 Å². The fourth-order valence-corrected chi connectivity index (χ4v) is 2.99. The summed E-state index contributed by atoms with van der Waals surface area (Å²) in [6.45, 7) is 4.95. The van der Waals surface area contributed by atoms with E-state index in [1.807, 2.05) is 12.1 Å². The van der Waals surface area contributed by atoms with E-state index in [9.17, 15) is 4.39 Å². The molecule has 0 heterocycles. The molecule has 0 radical (unpaired) electrons. The van der Waals surface area contributed by atoms with Gasteiger partial charge in [-0.25, -0.2) is 4.39 Å². The summed E-state index contributed by atoms with van der Waals surface area (Å²) >= 11 is 9.37. The minimum atomic E-state index is -0.252. The lowest BCUT2D eigenvalue weighted by Gasteiger charge is -2.21. The second kappa shape index (κ2) is 7.39. The Morgan fingerprint density at radius 2 is 2.05 bits per heavy atom. The lowest BCUT2D eigenvalue weighted by molar-refractivity contribution is 0.526. The predicted octanol–water partition coefficient (Wildman–Crippen LogP) is 5.44. The van der Waals surface area contributed by atoms with Crippen LogP contribution in [0.5, 0.6) is 0 Å². The van der Waals surface area contributed by atoms with Crippen LogP contribution in [0.1, 0.15) is 29.7 Å². The smallest absolute Gasteiger partial charge is 0.127 e. The van der Waals surface area contributed by atoms with Crippen molar-refractivity contribution in [1.29, 1.82) is 0 Å². The highest BCUT2D eigenvalue weighted by molar-refractivity contribution is 9.10. The van der Waals surface area contributed by atoms with E-state index in [0.717, 1.165) is 11.0 Å². The summed E-state index contributed by atoms with van der Waals surface area (Å²) < 4.78 is 15.1. The number of likely N-dealkylation sites (N-methyl/N-ethyl adjacent to an activating group) is 1. The van der Waals surface area contributed by atoms with E-state index in [4.69, 9.17) is 11.6 Å². The number of hydrogen-bond donors (Lipinski definition) is 1. The zero-order valence-electron chi connectivity index (χ0n) is 12.1. The van der Waals surface area contributed by atoms with E-state index in [1.54, 1.807) is 12.1 Å². The Morgan fingerprint density at radius 1 is 1.29 bits per heavy atom. The van der Waals surface area contributed by atoms with Crippen LogP contribution in [0.4, 0.5) is 4.39 Å². The van der Waals surface area contributed by atoms with Gasteiger partial charge >= 0.3 is 0 Å². The van der Waals surface area contributed by atoms with Crippen LogP contribution in [0.25, 0.3) is 0 Å². The Hall–Kier alpha value is -0.900. The van der Waals surface area contributed by atoms with Crippen LogP contribution in [0.15, 0.2) is 40.9 Å². The fourth-order valence-electron chi connectivity index (χ4n) is 2.45. The van der Waals surface area contributed by atoms with Gasteiger partial charge in [0.05, 0.1) is 0 Å². The van der Waals surface area contributed by atoms with Crippen molar-refractivity contribution in [3.63, 3.8) is 0 Å². The van der Waals surface area contributed by atoms with Gasteiger partial charge in [0.25, 0.3) is 0 Å². The third-order valence-electron chi connectivity index (χ3n) is 3.57. The van der Waals surface area contributed by atoms with Crippen LogP contribution in [0, 0.1) is 12.7 Å². The first-order chi connectivity index (χ1) is 10.0. The third kappa shape index (κ3) is 4.06. The molecule has 1 N–H and O–H groups in total. The number of benzene rings is 2. The molecule has 0 aliphatic heterocycles. The van der Waals surface area contributed by atoms with Crippen LogP contribution in [0.3, 0.4) is 0 Å². The summed E-state index contributed by atoms with van der Waals surface area (Å²) in [7, 11) is 0. The first-order valence-electron chi connectivity index (χ1n) is 6.95. The van der Waals surface area contributed by atoms with Crippen molar-refractivity contribution >= 4 is 27.5 Å². The van der Waals surface area contributed by atoms with Crippen molar-refractivity contribution < 1.29 is 4.39 Å². The van der Waals surface area contributed by atoms with Gasteiger partial charge in [-0.05, 0) is 54.8 Å². The molecule has 0 saturated heterocycles. The summed E-state index contributed by atoms with van der Waals surface area (Å²) in [6, 6.07) is 11.0. The molecule has 21 heavy (non-hydrogen) atoms. The Labute approximate surface area is 138 Å². The van der Waals surface area contributed by atoms with Gasteiger partial charge in [0.15, 0.2) is 0 Å². The molecule has 1 unspecified atom stereocenters. The number of hydrogen-bond acceptors (Lipinski definition) is 1. The second-order valence-electron chi connectivity index (χ2n) is 5.00. The Bertz CT molecular complexity index is 630. The highest BCUT2D eigenvalue weighted by atomic mass is 79.9. The minimum Gasteiger partial charge on any atom is -0.310 e. The summed E-state index contributed by atoms with van der Waals surface area (Å²) in [5, 5.41) is 3.86. The largest absolute Gasteiger partial charge is 0.310 e. The van der Waals surface area contributed by atoms with Gasteiger partial charge in [0, 0.05) is 15.5 Å². The van der Waals surface area contributed by atoms with Crippen molar-refractivity contribution in [1.82, 2.24) is 5.32 Å². The summed E-state index contributed by atoms with van der Waals surface area (Å²) in [6.07, 6.45) is 0.591. The molecule has 2 aromatic carbocycles. The Kier molecular flexibility index (Phi) is 5.80. The van der Waals surface area contributed by atoms with Crippen LogP contribution < -0.4 is 5.32 Å². The van der Waals surface area contributed by atoms with Crippen molar-refractivity contribution in [2.24, 2.45) is 0 Å². The number of rotatable bonds is 5. The first-order valence-corrected chi connectivity index (χ1v) is 8.12. The third-order valence-corrected chi connectivity index (χ3v) is 4.67. The van der Waals surface area contributed by atoms with Gasteiger partial charge in [-0.1, -0.05) is 52.7 Å². The van der Waals surface area contributed by atoms with E-state index in [2.05, 4.69) is 41.2 Å². The zero-order chi connectivity index (χ0) is 15.4. The monoisotopic (exact) mass is 369 g/mol. The van der Waals surface area contributed by atoms with Gasteiger partial charge in [-0.15, -0.1) is 0 Å². The maximum Gasteiger partial charge on any atom is 0.127 e. The summed E-state index contributed by atoms with van der Waals surface area (Å²) in [5.41, 5.74) is 3.03. The molecule has 0 aliphatic rings. The first kappa shape index (κ1) is 16.5. The molecule has 2 rings (SSSR count). The van der Waals surface area contributed by atoms with Crippen molar-refractivity contribution in [2.45, 2.75) is 26.3 Å². The average molecular weight is 371 g/mol. The lowest BCUT2D eigenvalue weighted by atomic mass is 9.95. The van der Waals surface area contributed by atoms with Gasteiger partial charge in [-0.3, -0.25) is 0 Å². The molecule has 2 aromatic rings. The SMILES string of the molecule is CCNC(Cc1ccc(Cl)cc1F)c1cccc(Br)c1C.